The quantitative estimate of drug-likeness (QED) is 0.927. The Morgan fingerprint density at radius 1 is 1.19 bits per heavy atom. The molecule has 0 radical (unpaired) electrons. The average molecular weight is 329 g/mol. The van der Waals surface area contributed by atoms with E-state index in [1.807, 2.05) is 4.90 Å². The molecule has 0 saturated carbocycles. The molecule has 0 aliphatic carbocycles. The lowest BCUT2D eigenvalue weighted by atomic mass is 10.1. The van der Waals surface area contributed by atoms with Gasteiger partial charge < -0.3 is 15.0 Å². The van der Waals surface area contributed by atoms with Crippen molar-refractivity contribution in [1.29, 1.82) is 0 Å². The van der Waals surface area contributed by atoms with Gasteiger partial charge in [0.05, 0.1) is 0 Å². The second-order valence-corrected chi connectivity index (χ2v) is 6.53. The van der Waals surface area contributed by atoms with Crippen molar-refractivity contribution >= 4 is 29.1 Å². The average Bonchev–Trinajstić information content (AvgIpc) is 2.74. The topological polar surface area (TPSA) is 41.6 Å². The third-order valence-electron chi connectivity index (χ3n) is 4.07. The van der Waals surface area contributed by atoms with Crippen molar-refractivity contribution in [3.8, 4) is 5.75 Å². The summed E-state index contributed by atoms with van der Waals surface area (Å²) in [5.41, 5.74) is 0. The molecule has 2 unspecified atom stereocenters. The van der Waals surface area contributed by atoms with E-state index >= 15 is 0 Å². The van der Waals surface area contributed by atoms with Crippen molar-refractivity contribution in [2.24, 2.45) is 0 Å². The van der Waals surface area contributed by atoms with Crippen molar-refractivity contribution in [2.75, 3.05) is 19.7 Å². The monoisotopic (exact) mass is 328 g/mol. The van der Waals surface area contributed by atoms with Gasteiger partial charge in [0.1, 0.15) is 5.75 Å². The first-order chi connectivity index (χ1) is 10.1. The highest BCUT2D eigenvalue weighted by atomic mass is 35.5. The zero-order valence-corrected chi connectivity index (χ0v) is 13.2. The predicted molar refractivity (Wildman–Crippen MR) is 83.1 cm³/mol. The maximum Gasteiger partial charge on any atom is 0.260 e. The molecule has 0 spiro atoms. The first-order valence-corrected chi connectivity index (χ1v) is 7.98. The largest absolute Gasteiger partial charge is 0.484 e. The standard InChI is InChI=1S/C15H18Cl2N2O2/c16-10-5-11(17)7-14(6-10)21-9-15(20)19-4-3-12-1-2-13(8-19)18-12/h5-7,12-13,18H,1-4,8-9H2. The van der Waals surface area contributed by atoms with Gasteiger partial charge in [-0.05, 0) is 37.5 Å². The Kier molecular flexibility index (Phi) is 4.57. The molecular formula is C15H18Cl2N2O2. The highest BCUT2D eigenvalue weighted by molar-refractivity contribution is 6.34. The molecule has 2 saturated heterocycles. The molecule has 21 heavy (non-hydrogen) atoms. The van der Waals surface area contributed by atoms with Gasteiger partial charge in [-0.1, -0.05) is 23.2 Å². The van der Waals surface area contributed by atoms with Crippen LogP contribution in [0.25, 0.3) is 0 Å². The number of hydrogen-bond acceptors (Lipinski definition) is 3. The lowest BCUT2D eigenvalue weighted by molar-refractivity contribution is -0.133. The van der Waals surface area contributed by atoms with Crippen molar-refractivity contribution in [3.63, 3.8) is 0 Å². The number of halogens is 2. The normalized spacial score (nSPS) is 24.8. The maximum absolute atomic E-state index is 12.3. The van der Waals surface area contributed by atoms with Gasteiger partial charge in [-0.25, -0.2) is 0 Å². The van der Waals surface area contributed by atoms with Crippen LogP contribution in [0, 0.1) is 0 Å². The van der Waals surface area contributed by atoms with Gasteiger partial charge >= 0.3 is 0 Å². The van der Waals surface area contributed by atoms with Crippen molar-refractivity contribution in [2.45, 2.75) is 31.3 Å². The highest BCUT2D eigenvalue weighted by Crippen LogP contribution is 2.24. The molecule has 114 valence electrons. The minimum atomic E-state index is 0.0143. The van der Waals surface area contributed by atoms with Crippen LogP contribution < -0.4 is 10.1 Å². The summed E-state index contributed by atoms with van der Waals surface area (Å²) in [5, 5.41) is 4.56. The number of nitrogens with one attached hydrogen (secondary N) is 1. The number of likely N-dealkylation sites (tertiary alicyclic amines) is 1. The van der Waals surface area contributed by atoms with E-state index in [0.717, 1.165) is 25.9 Å². The van der Waals surface area contributed by atoms with E-state index in [2.05, 4.69) is 5.32 Å². The Balaban J connectivity index is 1.56. The summed E-state index contributed by atoms with van der Waals surface area (Å²) < 4.78 is 5.52. The lowest BCUT2D eigenvalue weighted by Crippen LogP contribution is -2.41. The molecule has 2 aliphatic rings. The number of hydrogen-bond donors (Lipinski definition) is 1. The van der Waals surface area contributed by atoms with E-state index in [9.17, 15) is 4.79 Å². The fourth-order valence-electron chi connectivity index (χ4n) is 3.02. The van der Waals surface area contributed by atoms with E-state index in [1.165, 1.54) is 6.42 Å². The lowest BCUT2D eigenvalue weighted by Gasteiger charge is -2.24. The van der Waals surface area contributed by atoms with E-state index in [4.69, 9.17) is 27.9 Å². The third-order valence-corrected chi connectivity index (χ3v) is 4.51. The van der Waals surface area contributed by atoms with E-state index < -0.39 is 0 Å². The van der Waals surface area contributed by atoms with Crippen LogP contribution >= 0.6 is 23.2 Å². The summed E-state index contributed by atoms with van der Waals surface area (Å²) in [6.07, 6.45) is 3.40. The summed E-state index contributed by atoms with van der Waals surface area (Å²) in [5.74, 6) is 0.538. The van der Waals surface area contributed by atoms with E-state index in [-0.39, 0.29) is 12.5 Å². The van der Waals surface area contributed by atoms with Crippen LogP contribution in [-0.2, 0) is 4.79 Å². The van der Waals surface area contributed by atoms with E-state index in [0.29, 0.717) is 27.9 Å². The van der Waals surface area contributed by atoms with Crippen LogP contribution in [-0.4, -0.2) is 42.6 Å². The summed E-state index contributed by atoms with van der Waals surface area (Å²) in [4.78, 5) is 14.2. The zero-order chi connectivity index (χ0) is 14.8. The molecule has 6 heteroatoms. The molecular weight excluding hydrogens is 311 g/mol. The number of carbonyl (C=O) groups is 1. The Hall–Kier alpha value is -0.970. The number of fused-ring (bicyclic) bond motifs is 2. The highest BCUT2D eigenvalue weighted by Gasteiger charge is 2.31. The number of benzene rings is 1. The number of nitrogens with zero attached hydrogens (tertiary/aromatic N) is 1. The SMILES string of the molecule is O=C(COc1cc(Cl)cc(Cl)c1)N1CCC2CCC(C1)N2. The minimum absolute atomic E-state index is 0.0143. The molecule has 2 aliphatic heterocycles. The molecule has 0 aromatic heterocycles. The number of rotatable bonds is 3. The van der Waals surface area contributed by atoms with Crippen LogP contribution in [0.15, 0.2) is 18.2 Å². The molecule has 3 rings (SSSR count). The van der Waals surface area contributed by atoms with Gasteiger partial charge in [-0.3, -0.25) is 4.79 Å². The Bertz CT molecular complexity index is 518. The van der Waals surface area contributed by atoms with Crippen LogP contribution in [0.4, 0.5) is 0 Å². The van der Waals surface area contributed by atoms with Crippen molar-refractivity contribution < 1.29 is 9.53 Å². The Morgan fingerprint density at radius 3 is 2.67 bits per heavy atom. The molecule has 1 N–H and O–H groups in total. The minimum Gasteiger partial charge on any atom is -0.484 e. The van der Waals surface area contributed by atoms with E-state index in [1.54, 1.807) is 18.2 Å². The summed E-state index contributed by atoms with van der Waals surface area (Å²) >= 11 is 11.8. The molecule has 2 fully saturated rings. The fraction of sp³-hybridized carbons (Fsp3) is 0.533. The first-order valence-electron chi connectivity index (χ1n) is 7.23. The van der Waals surface area contributed by atoms with Crippen molar-refractivity contribution in [3.05, 3.63) is 28.2 Å². The first kappa shape index (κ1) is 14.9. The Labute approximate surface area is 134 Å². The van der Waals surface area contributed by atoms with Gasteiger partial charge in [-0.2, -0.15) is 0 Å². The molecule has 1 amide bonds. The van der Waals surface area contributed by atoms with Gasteiger partial charge in [0.15, 0.2) is 6.61 Å². The fourth-order valence-corrected chi connectivity index (χ4v) is 3.52. The van der Waals surface area contributed by atoms with Gasteiger partial charge in [0, 0.05) is 35.2 Å². The number of ether oxygens (including phenoxy) is 1. The van der Waals surface area contributed by atoms with Crippen LogP contribution in [0.5, 0.6) is 5.75 Å². The van der Waals surface area contributed by atoms with Crippen LogP contribution in [0.2, 0.25) is 10.0 Å². The van der Waals surface area contributed by atoms with Gasteiger partial charge in [0.25, 0.3) is 5.91 Å². The second-order valence-electron chi connectivity index (χ2n) is 5.66. The van der Waals surface area contributed by atoms with Crippen LogP contribution in [0.1, 0.15) is 19.3 Å². The molecule has 2 atom stereocenters. The van der Waals surface area contributed by atoms with Crippen LogP contribution in [0.3, 0.4) is 0 Å². The molecule has 1 aromatic carbocycles. The molecule has 2 heterocycles. The summed E-state index contributed by atoms with van der Waals surface area (Å²) in [6, 6.07) is 5.96. The predicted octanol–water partition coefficient (Wildman–Crippen LogP) is 2.73. The van der Waals surface area contributed by atoms with Gasteiger partial charge in [-0.15, -0.1) is 0 Å². The third kappa shape index (κ3) is 3.82. The smallest absolute Gasteiger partial charge is 0.260 e. The molecule has 2 bridgehead atoms. The van der Waals surface area contributed by atoms with Gasteiger partial charge in [0.2, 0.25) is 0 Å². The maximum atomic E-state index is 12.3. The number of amides is 1. The Morgan fingerprint density at radius 2 is 1.90 bits per heavy atom. The summed E-state index contributed by atoms with van der Waals surface area (Å²) in [7, 11) is 0. The summed E-state index contributed by atoms with van der Waals surface area (Å²) in [6.45, 7) is 1.59. The molecule has 1 aromatic rings. The van der Waals surface area contributed by atoms with Crippen molar-refractivity contribution in [1.82, 2.24) is 10.2 Å². The number of carbonyl (C=O) groups excluding carboxylic acids is 1. The zero-order valence-electron chi connectivity index (χ0n) is 11.6. The molecule has 4 nitrogen and oxygen atoms in total. The second kappa shape index (κ2) is 6.42.